The molecule has 0 saturated carbocycles. The zero-order valence-electron chi connectivity index (χ0n) is 13.1. The van der Waals surface area contributed by atoms with Crippen LogP contribution in [0.4, 0.5) is 0 Å². The molecule has 0 aromatic heterocycles. The molecule has 2 fully saturated rings. The number of hydrogen-bond donors (Lipinski definition) is 2. The van der Waals surface area contributed by atoms with Gasteiger partial charge in [-0.05, 0) is 44.8 Å². The summed E-state index contributed by atoms with van der Waals surface area (Å²) in [6, 6.07) is 0.349. The molecule has 0 bridgehead atoms. The molecule has 4 nitrogen and oxygen atoms in total. The van der Waals surface area contributed by atoms with Crippen LogP contribution in [0.5, 0.6) is 0 Å². The summed E-state index contributed by atoms with van der Waals surface area (Å²) >= 11 is 0. The molecule has 2 saturated heterocycles. The van der Waals surface area contributed by atoms with Crippen LogP contribution in [0.15, 0.2) is 0 Å². The molecular formula is C14H29NO3Si. The van der Waals surface area contributed by atoms with Crippen molar-refractivity contribution in [3.05, 3.63) is 0 Å². The number of fused-ring (bicyclic) bond motifs is 1. The Morgan fingerprint density at radius 3 is 2.53 bits per heavy atom. The van der Waals surface area contributed by atoms with Crippen LogP contribution in [0.25, 0.3) is 0 Å². The molecule has 19 heavy (non-hydrogen) atoms. The lowest BCUT2D eigenvalue weighted by molar-refractivity contribution is -0.153. The Morgan fingerprint density at radius 1 is 1.32 bits per heavy atom. The summed E-state index contributed by atoms with van der Waals surface area (Å²) < 4.78 is 11.9. The van der Waals surface area contributed by atoms with E-state index in [2.05, 4.69) is 19.2 Å². The first-order valence-corrected chi connectivity index (χ1v) is 10.3. The molecule has 0 amide bonds. The fourth-order valence-electron chi connectivity index (χ4n) is 2.83. The molecule has 0 radical (unpaired) electrons. The largest absolute Gasteiger partial charge is 0.432 e. The summed E-state index contributed by atoms with van der Waals surface area (Å²) in [5.41, 5.74) is 0. The fourth-order valence-corrected chi connectivity index (χ4v) is 3.59. The SMILES string of the molecule is CC1(C)O[C@H]2[C@H](CN[C@@H]2CCC(C)(C)[Si](C)(C)O)O1. The van der Waals surface area contributed by atoms with Gasteiger partial charge in [0.05, 0.1) is 0 Å². The topological polar surface area (TPSA) is 50.7 Å². The quantitative estimate of drug-likeness (QED) is 0.779. The Labute approximate surface area is 118 Å². The smallest absolute Gasteiger partial charge is 0.188 e. The van der Waals surface area contributed by atoms with Gasteiger partial charge in [-0.15, -0.1) is 0 Å². The Morgan fingerprint density at radius 2 is 1.95 bits per heavy atom. The van der Waals surface area contributed by atoms with Gasteiger partial charge in [0, 0.05) is 12.6 Å². The fraction of sp³-hybridized carbons (Fsp3) is 1.00. The average Bonchev–Trinajstić information content (AvgIpc) is 2.68. The highest BCUT2D eigenvalue weighted by atomic mass is 28.4. The molecule has 3 atom stereocenters. The van der Waals surface area contributed by atoms with Gasteiger partial charge in [0.1, 0.15) is 12.2 Å². The maximum absolute atomic E-state index is 10.4. The molecule has 0 spiro atoms. The van der Waals surface area contributed by atoms with Gasteiger partial charge in [-0.25, -0.2) is 0 Å². The first-order chi connectivity index (χ1) is 8.52. The van der Waals surface area contributed by atoms with Crippen molar-refractivity contribution in [3.8, 4) is 0 Å². The van der Waals surface area contributed by atoms with Gasteiger partial charge in [0.15, 0.2) is 14.1 Å². The van der Waals surface area contributed by atoms with E-state index in [1.54, 1.807) is 0 Å². The van der Waals surface area contributed by atoms with E-state index in [9.17, 15) is 4.80 Å². The van der Waals surface area contributed by atoms with Gasteiger partial charge in [0.2, 0.25) is 0 Å². The van der Waals surface area contributed by atoms with Crippen LogP contribution in [-0.2, 0) is 9.47 Å². The first kappa shape index (κ1) is 15.4. The zero-order chi connectivity index (χ0) is 14.5. The van der Waals surface area contributed by atoms with Gasteiger partial charge >= 0.3 is 0 Å². The number of hydrogen-bond acceptors (Lipinski definition) is 4. The van der Waals surface area contributed by atoms with E-state index >= 15 is 0 Å². The second kappa shape index (κ2) is 4.81. The second-order valence-corrected chi connectivity index (χ2v) is 12.1. The third kappa shape index (κ3) is 3.21. The van der Waals surface area contributed by atoms with Crippen LogP contribution in [0.2, 0.25) is 18.1 Å². The highest BCUT2D eigenvalue weighted by Crippen LogP contribution is 2.42. The molecule has 2 aliphatic heterocycles. The summed E-state index contributed by atoms with van der Waals surface area (Å²) in [5.74, 6) is -0.448. The van der Waals surface area contributed by atoms with Gasteiger partial charge in [-0.2, -0.15) is 0 Å². The molecule has 2 aliphatic rings. The first-order valence-electron chi connectivity index (χ1n) is 7.33. The van der Waals surface area contributed by atoms with E-state index in [1.165, 1.54) is 0 Å². The molecule has 5 heteroatoms. The van der Waals surface area contributed by atoms with E-state index in [0.717, 1.165) is 19.4 Å². The monoisotopic (exact) mass is 287 g/mol. The lowest BCUT2D eigenvalue weighted by Crippen LogP contribution is -2.41. The Bertz CT molecular complexity index is 338. The number of nitrogens with one attached hydrogen (secondary N) is 1. The van der Waals surface area contributed by atoms with Crippen LogP contribution >= 0.6 is 0 Å². The van der Waals surface area contributed by atoms with Crippen molar-refractivity contribution in [1.29, 1.82) is 0 Å². The predicted octanol–water partition coefficient (Wildman–Crippen LogP) is 2.24. The number of ether oxygens (including phenoxy) is 2. The molecule has 2 N–H and O–H groups in total. The van der Waals surface area contributed by atoms with Crippen LogP contribution in [-0.4, -0.2) is 43.7 Å². The molecule has 0 aromatic rings. The summed E-state index contributed by atoms with van der Waals surface area (Å²) in [7, 11) is -2.12. The van der Waals surface area contributed by atoms with E-state index in [1.807, 2.05) is 26.9 Å². The van der Waals surface area contributed by atoms with E-state index in [4.69, 9.17) is 9.47 Å². The highest BCUT2D eigenvalue weighted by molar-refractivity contribution is 6.72. The summed E-state index contributed by atoms with van der Waals surface area (Å²) in [6.07, 6.45) is 2.40. The lowest BCUT2D eigenvalue weighted by Gasteiger charge is -2.36. The summed E-state index contributed by atoms with van der Waals surface area (Å²) in [4.78, 5) is 10.4. The summed E-state index contributed by atoms with van der Waals surface area (Å²) in [5, 5.41) is 3.53. The van der Waals surface area contributed by atoms with Crippen molar-refractivity contribution in [3.63, 3.8) is 0 Å². The maximum Gasteiger partial charge on any atom is 0.188 e. The van der Waals surface area contributed by atoms with Gasteiger partial charge in [0.25, 0.3) is 0 Å². The van der Waals surface area contributed by atoms with E-state index in [-0.39, 0.29) is 17.2 Å². The van der Waals surface area contributed by atoms with E-state index in [0.29, 0.717) is 6.04 Å². The van der Waals surface area contributed by atoms with Crippen molar-refractivity contribution >= 4 is 8.32 Å². The van der Waals surface area contributed by atoms with Crippen LogP contribution in [0.1, 0.15) is 40.5 Å². The molecule has 0 aliphatic carbocycles. The third-order valence-electron chi connectivity index (χ3n) is 4.94. The Balaban J connectivity index is 1.91. The van der Waals surface area contributed by atoms with Crippen LogP contribution in [0.3, 0.4) is 0 Å². The maximum atomic E-state index is 10.4. The minimum Gasteiger partial charge on any atom is -0.432 e. The normalized spacial score (nSPS) is 34.6. The molecule has 2 heterocycles. The zero-order valence-corrected chi connectivity index (χ0v) is 14.1. The molecule has 112 valence electrons. The van der Waals surface area contributed by atoms with Crippen molar-refractivity contribution in [1.82, 2.24) is 5.32 Å². The average molecular weight is 287 g/mol. The van der Waals surface area contributed by atoms with Crippen LogP contribution in [0, 0.1) is 0 Å². The van der Waals surface area contributed by atoms with E-state index < -0.39 is 14.1 Å². The van der Waals surface area contributed by atoms with Crippen LogP contribution < -0.4 is 5.32 Å². The minimum absolute atomic E-state index is 0.0295. The number of rotatable bonds is 4. The standard InChI is InChI=1S/C14H29NO3Si/c1-13(2,19(5,6)16)8-7-10-12-11(9-15-10)17-14(3,4)18-12/h10-12,15-16H,7-9H2,1-6H3/t10-,11+,12-/m1/s1. The van der Waals surface area contributed by atoms with Gasteiger partial charge < -0.3 is 19.6 Å². The van der Waals surface area contributed by atoms with Crippen molar-refractivity contribution in [2.24, 2.45) is 0 Å². The highest BCUT2D eigenvalue weighted by Gasteiger charge is 2.49. The molecule has 2 rings (SSSR count). The Kier molecular flexibility index (Phi) is 3.91. The van der Waals surface area contributed by atoms with Gasteiger partial charge in [-0.3, -0.25) is 0 Å². The van der Waals surface area contributed by atoms with Crippen molar-refractivity contribution < 1.29 is 14.3 Å². The predicted molar refractivity (Wildman–Crippen MR) is 78.6 cm³/mol. The molecule has 0 unspecified atom stereocenters. The lowest BCUT2D eigenvalue weighted by atomic mass is 9.99. The third-order valence-corrected chi connectivity index (χ3v) is 8.50. The second-order valence-electron chi connectivity index (χ2n) is 7.63. The molecule has 0 aromatic carbocycles. The minimum atomic E-state index is -2.12. The summed E-state index contributed by atoms with van der Waals surface area (Å²) in [6.45, 7) is 13.3. The Hall–Kier alpha value is 0.0569. The van der Waals surface area contributed by atoms with Gasteiger partial charge in [-0.1, -0.05) is 13.8 Å². The molecular weight excluding hydrogens is 258 g/mol. The van der Waals surface area contributed by atoms with Crippen molar-refractivity contribution in [2.75, 3.05) is 6.54 Å². The van der Waals surface area contributed by atoms with Crippen molar-refractivity contribution in [2.45, 2.75) is 82.7 Å².